The van der Waals surface area contributed by atoms with Crippen LogP contribution in [-0.2, 0) is 9.53 Å². The van der Waals surface area contributed by atoms with E-state index in [1.165, 1.54) is 12.0 Å². The molecule has 0 unspecified atom stereocenters. The standard InChI is InChI=1S/C18H25NO3/c1-13(2)14-8-10-15(11-9-14)18(21)22-12-17(20)19-16-6-4-3-5-7-16/h8-11,13,16H,3-7,12H2,1-2H3,(H,19,20). The first-order valence-corrected chi connectivity index (χ1v) is 8.12. The maximum atomic E-state index is 11.9. The Kier molecular flexibility index (Phi) is 5.99. The van der Waals surface area contributed by atoms with E-state index in [4.69, 9.17) is 4.74 Å². The zero-order valence-corrected chi connectivity index (χ0v) is 13.4. The molecule has 1 aromatic carbocycles. The number of esters is 1. The number of carbonyl (C=O) groups is 2. The lowest BCUT2D eigenvalue weighted by atomic mass is 9.95. The fraction of sp³-hybridized carbons (Fsp3) is 0.556. The molecule has 1 N–H and O–H groups in total. The number of rotatable bonds is 5. The summed E-state index contributed by atoms with van der Waals surface area (Å²) in [7, 11) is 0. The van der Waals surface area contributed by atoms with Crippen LogP contribution >= 0.6 is 0 Å². The van der Waals surface area contributed by atoms with Gasteiger partial charge >= 0.3 is 5.97 Å². The van der Waals surface area contributed by atoms with E-state index in [1.807, 2.05) is 12.1 Å². The van der Waals surface area contributed by atoms with Crippen LogP contribution in [0.2, 0.25) is 0 Å². The quantitative estimate of drug-likeness (QED) is 0.848. The molecular formula is C18H25NO3. The third-order valence-electron chi connectivity index (χ3n) is 4.12. The summed E-state index contributed by atoms with van der Waals surface area (Å²) in [5.41, 5.74) is 1.65. The van der Waals surface area contributed by atoms with Gasteiger partial charge in [0.25, 0.3) is 5.91 Å². The number of carbonyl (C=O) groups excluding carboxylic acids is 2. The van der Waals surface area contributed by atoms with E-state index in [9.17, 15) is 9.59 Å². The highest BCUT2D eigenvalue weighted by molar-refractivity contribution is 5.91. The Bertz CT molecular complexity index is 502. The van der Waals surface area contributed by atoms with Crippen molar-refractivity contribution in [1.29, 1.82) is 0 Å². The fourth-order valence-electron chi connectivity index (χ4n) is 2.73. The second kappa shape index (κ2) is 7.97. The monoisotopic (exact) mass is 303 g/mol. The highest BCUT2D eigenvalue weighted by Crippen LogP contribution is 2.17. The van der Waals surface area contributed by atoms with Crippen LogP contribution in [0.3, 0.4) is 0 Å². The molecule has 1 amide bonds. The van der Waals surface area contributed by atoms with E-state index in [1.54, 1.807) is 12.1 Å². The van der Waals surface area contributed by atoms with E-state index in [0.717, 1.165) is 25.7 Å². The summed E-state index contributed by atoms with van der Waals surface area (Å²) in [6.45, 7) is 3.99. The Labute approximate surface area is 132 Å². The molecule has 1 fully saturated rings. The molecular weight excluding hydrogens is 278 g/mol. The zero-order valence-electron chi connectivity index (χ0n) is 13.4. The van der Waals surface area contributed by atoms with Gasteiger partial charge in [0.2, 0.25) is 0 Å². The Balaban J connectivity index is 1.77. The lowest BCUT2D eigenvalue weighted by Gasteiger charge is -2.22. The molecule has 0 spiro atoms. The normalized spacial score (nSPS) is 15.6. The van der Waals surface area contributed by atoms with E-state index in [-0.39, 0.29) is 18.6 Å². The molecule has 22 heavy (non-hydrogen) atoms. The Morgan fingerprint density at radius 2 is 1.77 bits per heavy atom. The van der Waals surface area contributed by atoms with Crippen molar-refractivity contribution in [3.8, 4) is 0 Å². The van der Waals surface area contributed by atoms with Gasteiger partial charge < -0.3 is 10.1 Å². The molecule has 1 aliphatic rings. The number of amides is 1. The van der Waals surface area contributed by atoms with E-state index < -0.39 is 5.97 Å². The first-order valence-electron chi connectivity index (χ1n) is 8.12. The molecule has 1 aromatic rings. The second-order valence-electron chi connectivity index (χ2n) is 6.26. The summed E-state index contributed by atoms with van der Waals surface area (Å²) in [5.74, 6) is -0.237. The third-order valence-corrected chi connectivity index (χ3v) is 4.12. The predicted molar refractivity (Wildman–Crippen MR) is 85.8 cm³/mol. The van der Waals surface area contributed by atoms with Crippen molar-refractivity contribution in [2.24, 2.45) is 0 Å². The van der Waals surface area contributed by atoms with Gasteiger partial charge in [0.1, 0.15) is 0 Å². The Hall–Kier alpha value is -1.84. The number of benzene rings is 1. The minimum absolute atomic E-state index is 0.207. The van der Waals surface area contributed by atoms with Gasteiger partial charge in [-0.1, -0.05) is 45.2 Å². The molecule has 4 heteroatoms. The predicted octanol–water partition coefficient (Wildman–Crippen LogP) is 3.42. The average Bonchev–Trinajstić information content (AvgIpc) is 2.53. The van der Waals surface area contributed by atoms with Crippen molar-refractivity contribution in [2.45, 2.75) is 57.9 Å². The minimum atomic E-state index is -0.450. The summed E-state index contributed by atoms with van der Waals surface area (Å²) in [6.07, 6.45) is 5.61. The molecule has 0 radical (unpaired) electrons. The van der Waals surface area contributed by atoms with Crippen LogP contribution < -0.4 is 5.32 Å². The van der Waals surface area contributed by atoms with Crippen LogP contribution in [-0.4, -0.2) is 24.5 Å². The van der Waals surface area contributed by atoms with E-state index in [2.05, 4.69) is 19.2 Å². The summed E-state index contributed by atoms with van der Waals surface area (Å²) in [6, 6.07) is 7.57. The van der Waals surface area contributed by atoms with Crippen molar-refractivity contribution < 1.29 is 14.3 Å². The highest BCUT2D eigenvalue weighted by Gasteiger charge is 2.17. The lowest BCUT2D eigenvalue weighted by molar-refractivity contribution is -0.125. The molecule has 0 atom stereocenters. The molecule has 120 valence electrons. The minimum Gasteiger partial charge on any atom is -0.452 e. The van der Waals surface area contributed by atoms with Crippen molar-refractivity contribution in [3.05, 3.63) is 35.4 Å². The summed E-state index contributed by atoms with van der Waals surface area (Å²) in [5, 5.41) is 2.93. The summed E-state index contributed by atoms with van der Waals surface area (Å²) < 4.78 is 5.08. The molecule has 2 rings (SSSR count). The van der Waals surface area contributed by atoms with Gasteiger partial charge in [-0.05, 0) is 36.5 Å². The fourth-order valence-corrected chi connectivity index (χ4v) is 2.73. The Morgan fingerprint density at radius 3 is 2.36 bits per heavy atom. The maximum absolute atomic E-state index is 11.9. The molecule has 0 heterocycles. The smallest absolute Gasteiger partial charge is 0.338 e. The van der Waals surface area contributed by atoms with Crippen LogP contribution in [0, 0.1) is 0 Å². The van der Waals surface area contributed by atoms with Gasteiger partial charge in [0.05, 0.1) is 5.56 Å². The zero-order chi connectivity index (χ0) is 15.9. The van der Waals surface area contributed by atoms with Crippen LogP contribution in [0.5, 0.6) is 0 Å². The molecule has 0 saturated heterocycles. The van der Waals surface area contributed by atoms with Crippen molar-refractivity contribution in [1.82, 2.24) is 5.32 Å². The van der Waals surface area contributed by atoms with Gasteiger partial charge in [-0.25, -0.2) is 4.79 Å². The van der Waals surface area contributed by atoms with Crippen molar-refractivity contribution >= 4 is 11.9 Å². The second-order valence-corrected chi connectivity index (χ2v) is 6.26. The topological polar surface area (TPSA) is 55.4 Å². The lowest BCUT2D eigenvalue weighted by Crippen LogP contribution is -2.38. The van der Waals surface area contributed by atoms with Gasteiger partial charge in [-0.2, -0.15) is 0 Å². The first-order chi connectivity index (χ1) is 10.6. The SMILES string of the molecule is CC(C)c1ccc(C(=O)OCC(=O)NC2CCCCC2)cc1. The molecule has 1 saturated carbocycles. The van der Waals surface area contributed by atoms with Gasteiger partial charge in [-0.15, -0.1) is 0 Å². The van der Waals surface area contributed by atoms with Crippen LogP contribution in [0.25, 0.3) is 0 Å². The molecule has 1 aliphatic carbocycles. The van der Waals surface area contributed by atoms with E-state index in [0.29, 0.717) is 11.5 Å². The number of hydrogen-bond acceptors (Lipinski definition) is 3. The molecule has 4 nitrogen and oxygen atoms in total. The molecule has 0 aromatic heterocycles. The number of hydrogen-bond donors (Lipinski definition) is 1. The van der Waals surface area contributed by atoms with Crippen LogP contribution in [0.1, 0.15) is 67.8 Å². The van der Waals surface area contributed by atoms with Crippen LogP contribution in [0.15, 0.2) is 24.3 Å². The third kappa shape index (κ3) is 4.86. The molecule has 0 aliphatic heterocycles. The van der Waals surface area contributed by atoms with Gasteiger partial charge in [0, 0.05) is 6.04 Å². The molecule has 0 bridgehead atoms. The Morgan fingerprint density at radius 1 is 1.14 bits per heavy atom. The first kappa shape index (κ1) is 16.5. The van der Waals surface area contributed by atoms with Crippen molar-refractivity contribution in [3.63, 3.8) is 0 Å². The average molecular weight is 303 g/mol. The van der Waals surface area contributed by atoms with Crippen LogP contribution in [0.4, 0.5) is 0 Å². The maximum Gasteiger partial charge on any atom is 0.338 e. The largest absolute Gasteiger partial charge is 0.452 e. The number of nitrogens with one attached hydrogen (secondary N) is 1. The van der Waals surface area contributed by atoms with Gasteiger partial charge in [-0.3, -0.25) is 4.79 Å². The number of ether oxygens (including phenoxy) is 1. The summed E-state index contributed by atoms with van der Waals surface area (Å²) >= 11 is 0. The summed E-state index contributed by atoms with van der Waals surface area (Å²) in [4.78, 5) is 23.7. The van der Waals surface area contributed by atoms with Crippen molar-refractivity contribution in [2.75, 3.05) is 6.61 Å². The van der Waals surface area contributed by atoms with E-state index >= 15 is 0 Å². The van der Waals surface area contributed by atoms with Gasteiger partial charge in [0.15, 0.2) is 6.61 Å². The highest BCUT2D eigenvalue weighted by atomic mass is 16.5.